The Morgan fingerprint density at radius 2 is 1.93 bits per heavy atom. The van der Waals surface area contributed by atoms with Crippen molar-refractivity contribution in [3.8, 4) is 11.5 Å². The van der Waals surface area contributed by atoms with Gasteiger partial charge < -0.3 is 14.8 Å². The molecule has 3 rings (SSSR count). The quantitative estimate of drug-likeness (QED) is 0.715. The van der Waals surface area contributed by atoms with E-state index in [2.05, 4.69) is 5.32 Å². The van der Waals surface area contributed by atoms with Crippen LogP contribution in [0.25, 0.3) is 0 Å². The number of nitrogens with zero attached hydrogens (tertiary/aromatic N) is 2. The Balaban J connectivity index is 1.83. The van der Waals surface area contributed by atoms with Crippen LogP contribution in [0.3, 0.4) is 0 Å². The summed E-state index contributed by atoms with van der Waals surface area (Å²) < 4.78 is 50.4. The van der Waals surface area contributed by atoms with Crippen LogP contribution in [0, 0.1) is 0 Å². The van der Waals surface area contributed by atoms with E-state index in [1.165, 1.54) is 18.1 Å². The van der Waals surface area contributed by atoms with Gasteiger partial charge in [0.1, 0.15) is 17.7 Å². The van der Waals surface area contributed by atoms with Gasteiger partial charge >= 0.3 is 12.2 Å². The van der Waals surface area contributed by atoms with Crippen molar-refractivity contribution >= 4 is 17.4 Å². The number of carbonyl (C=O) groups is 1. The molecule has 0 spiro atoms. The molecule has 0 radical (unpaired) electrons. The summed E-state index contributed by atoms with van der Waals surface area (Å²) in [5.41, 5.74) is 0.537. The Hall–Kier alpha value is -2.94. The normalized spacial score (nSPS) is 14.5. The van der Waals surface area contributed by atoms with Crippen molar-refractivity contribution in [2.24, 2.45) is 0 Å². The SMILES string of the molecule is COc1ccc(OC(C)N(C)C)cc1NC(=O)N1CCc2ccc(C(F)(F)F)cc21. The lowest BCUT2D eigenvalue weighted by Gasteiger charge is -2.23. The lowest BCUT2D eigenvalue weighted by atomic mass is 10.1. The molecule has 0 aliphatic carbocycles. The van der Waals surface area contributed by atoms with Gasteiger partial charge in [0.25, 0.3) is 0 Å². The molecule has 1 heterocycles. The van der Waals surface area contributed by atoms with Crippen LogP contribution in [-0.2, 0) is 12.6 Å². The van der Waals surface area contributed by atoms with E-state index >= 15 is 0 Å². The first kappa shape index (κ1) is 21.8. The van der Waals surface area contributed by atoms with E-state index in [9.17, 15) is 18.0 Å². The molecule has 9 heteroatoms. The molecule has 0 fully saturated rings. The van der Waals surface area contributed by atoms with Crippen LogP contribution in [0.2, 0.25) is 0 Å². The summed E-state index contributed by atoms with van der Waals surface area (Å²) in [7, 11) is 5.21. The second kappa shape index (κ2) is 8.43. The lowest BCUT2D eigenvalue weighted by Crippen LogP contribution is -2.33. The summed E-state index contributed by atoms with van der Waals surface area (Å²) in [4.78, 5) is 16.1. The van der Waals surface area contributed by atoms with E-state index in [1.54, 1.807) is 18.2 Å². The van der Waals surface area contributed by atoms with E-state index in [4.69, 9.17) is 9.47 Å². The van der Waals surface area contributed by atoms with Gasteiger partial charge in [-0.15, -0.1) is 0 Å². The van der Waals surface area contributed by atoms with E-state index < -0.39 is 17.8 Å². The number of rotatable bonds is 5. The van der Waals surface area contributed by atoms with Crippen molar-refractivity contribution in [2.75, 3.05) is 38.0 Å². The number of nitrogens with one attached hydrogen (secondary N) is 1. The largest absolute Gasteiger partial charge is 0.495 e. The Labute approximate surface area is 173 Å². The van der Waals surface area contributed by atoms with Gasteiger partial charge in [-0.25, -0.2) is 4.79 Å². The van der Waals surface area contributed by atoms with Crippen LogP contribution in [0.1, 0.15) is 18.1 Å². The maximum Gasteiger partial charge on any atom is 0.416 e. The molecule has 2 aromatic carbocycles. The van der Waals surface area contributed by atoms with E-state index in [0.717, 1.165) is 12.1 Å². The standard InChI is InChI=1S/C21H24F3N3O3/c1-13(26(2)3)30-16-7-8-19(29-4)17(12-16)25-20(28)27-10-9-14-5-6-15(11-18(14)27)21(22,23)24/h5-8,11-13H,9-10H2,1-4H3,(H,25,28). The third kappa shape index (κ3) is 4.62. The summed E-state index contributed by atoms with van der Waals surface area (Å²) in [6, 6.07) is 7.93. The zero-order valence-corrected chi connectivity index (χ0v) is 17.2. The van der Waals surface area contributed by atoms with Crippen molar-refractivity contribution in [3.63, 3.8) is 0 Å². The van der Waals surface area contributed by atoms with Gasteiger partial charge in [0.05, 0.1) is 18.4 Å². The van der Waals surface area contributed by atoms with Gasteiger partial charge in [0.15, 0.2) is 0 Å². The van der Waals surface area contributed by atoms with Crippen molar-refractivity contribution in [2.45, 2.75) is 25.7 Å². The third-order valence-electron chi connectivity index (χ3n) is 5.00. The Morgan fingerprint density at radius 1 is 1.20 bits per heavy atom. The Bertz CT molecular complexity index is 931. The molecule has 1 unspecified atom stereocenters. The second-order valence-electron chi connectivity index (χ2n) is 7.22. The number of carbonyl (C=O) groups excluding carboxylic acids is 1. The number of ether oxygens (including phenoxy) is 2. The number of alkyl halides is 3. The molecule has 0 saturated carbocycles. The first-order valence-corrected chi connectivity index (χ1v) is 9.40. The average molecular weight is 423 g/mol. The maximum absolute atomic E-state index is 13.1. The molecule has 0 saturated heterocycles. The van der Waals surface area contributed by atoms with Crippen LogP contribution in [0.5, 0.6) is 11.5 Å². The van der Waals surface area contributed by atoms with E-state index in [1.807, 2.05) is 25.9 Å². The van der Waals surface area contributed by atoms with E-state index in [0.29, 0.717) is 35.7 Å². The first-order chi connectivity index (χ1) is 14.1. The number of fused-ring (bicyclic) bond motifs is 1. The monoisotopic (exact) mass is 423 g/mol. The lowest BCUT2D eigenvalue weighted by molar-refractivity contribution is -0.137. The van der Waals surface area contributed by atoms with Gasteiger partial charge in [0.2, 0.25) is 0 Å². The highest BCUT2D eigenvalue weighted by Crippen LogP contribution is 2.37. The van der Waals surface area contributed by atoms with E-state index in [-0.39, 0.29) is 11.9 Å². The number of anilines is 2. The number of halogens is 3. The maximum atomic E-state index is 13.1. The molecule has 0 bridgehead atoms. The molecule has 1 atom stereocenters. The van der Waals surface area contributed by atoms with Crippen LogP contribution in [-0.4, -0.2) is 44.9 Å². The summed E-state index contributed by atoms with van der Waals surface area (Å²) in [5, 5.41) is 2.73. The zero-order valence-electron chi connectivity index (χ0n) is 17.2. The molecule has 162 valence electrons. The minimum atomic E-state index is -4.47. The van der Waals surface area contributed by atoms with Gasteiger partial charge in [-0.05, 0) is 57.3 Å². The van der Waals surface area contributed by atoms with Crippen molar-refractivity contribution < 1.29 is 27.4 Å². The smallest absolute Gasteiger partial charge is 0.416 e. The number of hydrogen-bond donors (Lipinski definition) is 1. The fourth-order valence-electron chi connectivity index (χ4n) is 3.11. The average Bonchev–Trinajstić information content (AvgIpc) is 3.11. The highest BCUT2D eigenvalue weighted by molar-refractivity contribution is 6.04. The first-order valence-electron chi connectivity index (χ1n) is 9.40. The van der Waals surface area contributed by atoms with Crippen molar-refractivity contribution in [3.05, 3.63) is 47.5 Å². The van der Waals surface area contributed by atoms with Crippen LogP contribution < -0.4 is 19.7 Å². The predicted octanol–water partition coefficient (Wildman–Crippen LogP) is 4.60. The second-order valence-corrected chi connectivity index (χ2v) is 7.22. The van der Waals surface area contributed by atoms with Crippen LogP contribution in [0.15, 0.2) is 36.4 Å². The predicted molar refractivity (Wildman–Crippen MR) is 108 cm³/mol. The topological polar surface area (TPSA) is 54.0 Å². The fourth-order valence-corrected chi connectivity index (χ4v) is 3.11. The van der Waals surface area contributed by atoms with Gasteiger partial charge in [0, 0.05) is 18.3 Å². The number of hydrogen-bond acceptors (Lipinski definition) is 4. The Morgan fingerprint density at radius 3 is 2.57 bits per heavy atom. The minimum absolute atomic E-state index is 0.201. The molecular formula is C21H24F3N3O3. The zero-order chi connectivity index (χ0) is 22.1. The van der Waals surface area contributed by atoms with Gasteiger partial charge in [-0.3, -0.25) is 9.80 Å². The highest BCUT2D eigenvalue weighted by Gasteiger charge is 2.34. The van der Waals surface area contributed by atoms with Gasteiger partial charge in [-0.2, -0.15) is 13.2 Å². The fraction of sp³-hybridized carbons (Fsp3) is 0.381. The molecule has 2 amide bonds. The molecule has 1 N–H and O–H groups in total. The van der Waals surface area contributed by atoms with Crippen molar-refractivity contribution in [1.29, 1.82) is 0 Å². The summed E-state index contributed by atoms with van der Waals surface area (Å²) >= 11 is 0. The molecule has 6 nitrogen and oxygen atoms in total. The number of amides is 2. The molecule has 0 aromatic heterocycles. The van der Waals surface area contributed by atoms with Crippen molar-refractivity contribution in [1.82, 2.24) is 4.90 Å². The van der Waals surface area contributed by atoms with Crippen LogP contribution >= 0.6 is 0 Å². The third-order valence-corrected chi connectivity index (χ3v) is 5.00. The summed E-state index contributed by atoms with van der Waals surface area (Å²) in [6.07, 6.45) is -4.19. The minimum Gasteiger partial charge on any atom is -0.495 e. The summed E-state index contributed by atoms with van der Waals surface area (Å²) in [5.74, 6) is 0.935. The summed E-state index contributed by atoms with van der Waals surface area (Å²) in [6.45, 7) is 2.17. The molecule has 1 aliphatic heterocycles. The van der Waals surface area contributed by atoms with Gasteiger partial charge in [-0.1, -0.05) is 6.07 Å². The number of urea groups is 1. The molecule has 1 aliphatic rings. The molecule has 30 heavy (non-hydrogen) atoms. The molecule has 2 aromatic rings. The molecular weight excluding hydrogens is 399 g/mol. The Kier molecular flexibility index (Phi) is 6.12. The van der Waals surface area contributed by atoms with Crippen LogP contribution in [0.4, 0.5) is 29.3 Å². The number of methoxy groups -OCH3 is 1. The highest BCUT2D eigenvalue weighted by atomic mass is 19.4. The number of benzene rings is 2.